The van der Waals surface area contributed by atoms with Crippen LogP contribution in [-0.2, 0) is 54.1 Å². The largest absolute Gasteiger partial charge is 0.477 e. The van der Waals surface area contributed by atoms with Crippen molar-refractivity contribution in [3.8, 4) is 0 Å². The third kappa shape index (κ3) is 7.53. The van der Waals surface area contributed by atoms with Crippen molar-refractivity contribution in [3.63, 3.8) is 0 Å². The summed E-state index contributed by atoms with van der Waals surface area (Å²) in [6.07, 6.45) is -11.8. The molecule has 0 aromatic heterocycles. The highest BCUT2D eigenvalue weighted by Gasteiger charge is 2.62. The molecule has 11 atom stereocenters. The van der Waals surface area contributed by atoms with Gasteiger partial charge in [-0.2, -0.15) is 0 Å². The molecule has 0 radical (unpaired) electrons. The number of carboxylic acid groups (broad SMARTS) is 1. The van der Waals surface area contributed by atoms with Gasteiger partial charge in [0.2, 0.25) is 5.91 Å². The van der Waals surface area contributed by atoms with E-state index in [9.17, 15) is 35.1 Å². The minimum absolute atomic E-state index is 0.122. The van der Waals surface area contributed by atoms with E-state index in [-0.39, 0.29) is 6.61 Å². The Morgan fingerprint density at radius 1 is 0.978 bits per heavy atom. The number of carbonyl (C=O) groups is 2. The lowest BCUT2D eigenvalue weighted by Crippen LogP contribution is -2.68. The Bertz CT molecular complexity index is 1220. The van der Waals surface area contributed by atoms with E-state index in [1.807, 2.05) is 30.3 Å². The van der Waals surface area contributed by atoms with Gasteiger partial charge in [0.25, 0.3) is 5.79 Å². The Morgan fingerprint density at radius 2 is 1.63 bits per heavy atom. The van der Waals surface area contributed by atoms with Crippen molar-refractivity contribution in [1.29, 1.82) is 0 Å². The second-order valence-electron chi connectivity index (χ2n) is 12.7. The van der Waals surface area contributed by atoms with E-state index in [0.717, 1.165) is 5.56 Å². The number of ether oxygens (including phenoxy) is 8. The summed E-state index contributed by atoms with van der Waals surface area (Å²) in [6, 6.07) is 7.65. The number of hydrogen-bond donors (Lipinski definition) is 6. The van der Waals surface area contributed by atoms with Crippen molar-refractivity contribution in [3.05, 3.63) is 35.9 Å². The SMILES string of the molecule is CC1(C)O[C@H]2[C@@H](O1)[C@@H](CO[C@]1(C(=O)O)C[C@H](O)[C@@H](NC(=O)COCc3ccccc3)[C@H]([C@H](O)[C@H](O)CO)O1)O[C@@H]1OC(C)(C)O[C@@H]12. The zero-order chi connectivity index (χ0) is 33.4. The molecule has 16 heteroatoms. The lowest BCUT2D eigenvalue weighted by molar-refractivity contribution is -0.325. The Morgan fingerprint density at radius 3 is 2.30 bits per heavy atom. The summed E-state index contributed by atoms with van der Waals surface area (Å²) in [6.45, 7) is 5.14. The fourth-order valence-electron chi connectivity index (χ4n) is 6.15. The van der Waals surface area contributed by atoms with Crippen LogP contribution in [0.1, 0.15) is 39.7 Å². The lowest BCUT2D eigenvalue weighted by Gasteiger charge is -2.47. The quantitative estimate of drug-likeness (QED) is 0.155. The molecule has 6 N–H and O–H groups in total. The van der Waals surface area contributed by atoms with Crippen LogP contribution in [0, 0.1) is 0 Å². The smallest absolute Gasteiger partial charge is 0.364 e. The Labute approximate surface area is 265 Å². The molecule has 46 heavy (non-hydrogen) atoms. The van der Waals surface area contributed by atoms with Gasteiger partial charge in [0, 0.05) is 6.42 Å². The molecular weight excluding hydrogens is 614 g/mol. The van der Waals surface area contributed by atoms with Crippen LogP contribution in [0.4, 0.5) is 0 Å². The van der Waals surface area contributed by atoms with Crippen LogP contribution in [0.25, 0.3) is 0 Å². The average Bonchev–Trinajstić information content (AvgIpc) is 3.50. The fraction of sp³-hybridized carbons (Fsp3) is 0.733. The Hall–Kier alpha value is -2.32. The van der Waals surface area contributed by atoms with Crippen LogP contribution >= 0.6 is 0 Å². The topological polar surface area (TPSA) is 221 Å². The van der Waals surface area contributed by atoms with Gasteiger partial charge in [0.05, 0.1) is 32.0 Å². The maximum absolute atomic E-state index is 12.8. The third-order valence-corrected chi connectivity index (χ3v) is 8.22. The monoisotopic (exact) mass is 657 g/mol. The highest BCUT2D eigenvalue weighted by molar-refractivity contribution is 5.78. The first-order valence-corrected chi connectivity index (χ1v) is 15.1. The number of carboxylic acids is 1. The average molecular weight is 658 g/mol. The maximum Gasteiger partial charge on any atom is 0.364 e. The number of hydrogen-bond acceptors (Lipinski definition) is 14. The number of carbonyl (C=O) groups excluding carboxylic acids is 1. The first-order chi connectivity index (χ1) is 21.6. The second-order valence-corrected chi connectivity index (χ2v) is 12.7. The van der Waals surface area contributed by atoms with Crippen molar-refractivity contribution >= 4 is 11.9 Å². The molecule has 0 aliphatic carbocycles. The predicted octanol–water partition coefficient (Wildman–Crippen LogP) is -1.25. The normalized spacial score (nSPS) is 37.6. The van der Waals surface area contributed by atoms with E-state index in [0.29, 0.717) is 0 Å². The molecule has 4 saturated heterocycles. The highest BCUT2D eigenvalue weighted by Crippen LogP contribution is 2.45. The van der Waals surface area contributed by atoms with E-state index in [2.05, 4.69) is 5.32 Å². The summed E-state index contributed by atoms with van der Waals surface area (Å²) in [7, 11) is 0. The fourth-order valence-corrected chi connectivity index (χ4v) is 6.15. The number of aliphatic hydroxyl groups is 4. The number of benzene rings is 1. The summed E-state index contributed by atoms with van der Waals surface area (Å²) in [4.78, 5) is 25.5. The van der Waals surface area contributed by atoms with Crippen molar-refractivity contribution < 1.29 is 73.0 Å². The summed E-state index contributed by atoms with van der Waals surface area (Å²) in [5.74, 6) is -6.97. The third-order valence-electron chi connectivity index (χ3n) is 8.22. The van der Waals surface area contributed by atoms with Gasteiger partial charge in [-0.1, -0.05) is 30.3 Å². The molecule has 16 nitrogen and oxygen atoms in total. The second kappa shape index (κ2) is 13.7. The van der Waals surface area contributed by atoms with Crippen LogP contribution in [0.3, 0.4) is 0 Å². The lowest BCUT2D eigenvalue weighted by atomic mass is 9.88. The molecule has 4 aliphatic rings. The summed E-state index contributed by atoms with van der Waals surface area (Å²) in [5.41, 5.74) is 0.816. The molecular formula is C30H43NO15. The zero-order valence-electron chi connectivity index (χ0n) is 26.0. The van der Waals surface area contributed by atoms with Crippen molar-refractivity contribution in [2.45, 2.75) is 119 Å². The van der Waals surface area contributed by atoms with Crippen LogP contribution < -0.4 is 5.32 Å². The molecule has 5 rings (SSSR count). The minimum Gasteiger partial charge on any atom is -0.477 e. The van der Waals surface area contributed by atoms with Crippen LogP contribution in [-0.4, -0.2) is 136 Å². The van der Waals surface area contributed by atoms with Crippen molar-refractivity contribution in [1.82, 2.24) is 5.32 Å². The van der Waals surface area contributed by atoms with Gasteiger partial charge < -0.3 is 68.7 Å². The molecule has 1 aromatic carbocycles. The van der Waals surface area contributed by atoms with E-state index in [1.165, 1.54) is 0 Å². The number of amides is 1. The van der Waals surface area contributed by atoms with E-state index in [1.54, 1.807) is 27.7 Å². The first-order valence-electron chi connectivity index (χ1n) is 15.1. The Kier molecular flexibility index (Phi) is 10.4. The number of fused-ring (bicyclic) bond motifs is 3. The zero-order valence-corrected chi connectivity index (χ0v) is 26.0. The van der Waals surface area contributed by atoms with Gasteiger partial charge in [-0.15, -0.1) is 0 Å². The number of nitrogens with one attached hydrogen (secondary N) is 1. The molecule has 4 fully saturated rings. The van der Waals surface area contributed by atoms with E-state index >= 15 is 0 Å². The molecule has 1 aromatic rings. The summed E-state index contributed by atoms with van der Waals surface area (Å²) >= 11 is 0. The molecule has 4 aliphatic heterocycles. The predicted molar refractivity (Wildman–Crippen MR) is 151 cm³/mol. The molecule has 0 unspecified atom stereocenters. The Balaban J connectivity index is 1.30. The van der Waals surface area contributed by atoms with Crippen molar-refractivity contribution in [2.75, 3.05) is 19.8 Å². The first kappa shape index (κ1) is 35.0. The van der Waals surface area contributed by atoms with Gasteiger partial charge in [-0.3, -0.25) is 4.79 Å². The van der Waals surface area contributed by atoms with Crippen LogP contribution in [0.5, 0.6) is 0 Å². The minimum atomic E-state index is -2.58. The van der Waals surface area contributed by atoms with Gasteiger partial charge >= 0.3 is 5.97 Å². The van der Waals surface area contributed by atoms with Gasteiger partial charge in [0.1, 0.15) is 49.3 Å². The molecule has 0 saturated carbocycles. The maximum atomic E-state index is 12.8. The van der Waals surface area contributed by atoms with Gasteiger partial charge in [-0.05, 0) is 33.3 Å². The van der Waals surface area contributed by atoms with Crippen LogP contribution in [0.2, 0.25) is 0 Å². The molecule has 0 bridgehead atoms. The standard InChI is InChI=1S/C30H43NO15/c1-28(2)42-22-18(41-26-25(24(22)43-28)44-29(3,4)46-26)13-40-30(27(37)38)10-16(33)20(23(45-30)21(36)17(34)11-32)31-19(35)14-39-12-15-8-6-5-7-9-15/h5-9,16-18,20-26,32-34,36H,10-14H2,1-4H3,(H,31,35)(H,37,38)/t16-,17+,18+,20+,21+,22-,23+,24-,25+,26+,30+/m0/s1. The molecule has 0 spiro atoms. The summed E-state index contributed by atoms with van der Waals surface area (Å²) < 4.78 is 47.2. The number of rotatable bonds is 12. The number of aliphatic carboxylic acids is 1. The number of aliphatic hydroxyl groups excluding tert-OH is 4. The van der Waals surface area contributed by atoms with E-state index < -0.39 is 117 Å². The van der Waals surface area contributed by atoms with E-state index in [4.69, 9.17) is 37.9 Å². The molecule has 1 amide bonds. The highest BCUT2D eigenvalue weighted by atomic mass is 16.9. The van der Waals surface area contributed by atoms with Gasteiger partial charge in [0.15, 0.2) is 17.9 Å². The summed E-state index contributed by atoms with van der Waals surface area (Å²) in [5, 5.41) is 54.6. The van der Waals surface area contributed by atoms with Crippen LogP contribution in [0.15, 0.2) is 30.3 Å². The van der Waals surface area contributed by atoms with Gasteiger partial charge in [-0.25, -0.2) is 4.79 Å². The molecule has 258 valence electrons. The molecule has 4 heterocycles. The van der Waals surface area contributed by atoms with Crippen molar-refractivity contribution in [2.24, 2.45) is 0 Å².